The summed E-state index contributed by atoms with van der Waals surface area (Å²) in [4.78, 5) is 9.88. The molecule has 0 aromatic carbocycles. The van der Waals surface area contributed by atoms with Crippen LogP contribution in [0.3, 0.4) is 0 Å². The van der Waals surface area contributed by atoms with E-state index in [9.17, 15) is 4.79 Å². The van der Waals surface area contributed by atoms with E-state index in [4.69, 9.17) is 0 Å². The Morgan fingerprint density at radius 3 is 2.33 bits per heavy atom. The first-order chi connectivity index (χ1) is 2.81. The molecule has 6 heavy (non-hydrogen) atoms. The van der Waals surface area contributed by atoms with E-state index >= 15 is 0 Å². The lowest BCUT2D eigenvalue weighted by molar-refractivity contribution is 0.248. The third-order valence-corrected chi connectivity index (χ3v) is 0.532. The molecule has 2 N–H and O–H groups in total. The van der Waals surface area contributed by atoms with Crippen LogP contribution in [0, 0.1) is 0 Å². The molecule has 0 unspecified atom stereocenters. The maximum atomic E-state index is 9.88. The number of hydrogen-bond acceptors (Lipinski definition) is 2. The van der Waals surface area contributed by atoms with Crippen LogP contribution in [0.4, 0.5) is 4.79 Å². The molecule has 2 amide bonds. The van der Waals surface area contributed by atoms with E-state index in [2.05, 4.69) is 22.9 Å². The van der Waals surface area contributed by atoms with Crippen molar-refractivity contribution in [2.45, 2.75) is 0 Å². The van der Waals surface area contributed by atoms with E-state index in [1.54, 1.807) is 0 Å². The van der Waals surface area contributed by atoms with Crippen LogP contribution < -0.4 is 10.0 Å². The smallest absolute Gasteiger partial charge is 0.324 e. The first-order valence-corrected chi connectivity index (χ1v) is 1.87. The summed E-state index contributed by atoms with van der Waals surface area (Å²) in [6.07, 6.45) is 0. The van der Waals surface area contributed by atoms with Crippen LogP contribution in [0.1, 0.15) is 0 Å². The standard InChI is InChI=1S/C2H6N2OS/c1-3-2(5)4-6/h6H,1H3,(H2,3,4,5). The first kappa shape index (κ1) is 5.62. The lowest BCUT2D eigenvalue weighted by atomic mass is 11.0. The lowest BCUT2D eigenvalue weighted by Gasteiger charge is -1.89. The molecular formula is C2H6N2OS. The molecule has 0 aliphatic heterocycles. The predicted molar refractivity (Wildman–Crippen MR) is 26.6 cm³/mol. The summed E-state index contributed by atoms with van der Waals surface area (Å²) in [6, 6.07) is -0.293. The summed E-state index contributed by atoms with van der Waals surface area (Å²) in [5.41, 5.74) is 0. The molecule has 0 aromatic heterocycles. The molecule has 3 nitrogen and oxygen atoms in total. The van der Waals surface area contributed by atoms with Gasteiger partial charge in [0.05, 0.1) is 0 Å². The molecule has 0 heterocycles. The monoisotopic (exact) mass is 106 g/mol. The van der Waals surface area contributed by atoms with Crippen LogP contribution in [-0.2, 0) is 0 Å². The van der Waals surface area contributed by atoms with Gasteiger partial charge in [0, 0.05) is 7.05 Å². The third-order valence-electron chi connectivity index (χ3n) is 0.329. The van der Waals surface area contributed by atoms with Gasteiger partial charge in [-0.3, -0.25) is 4.72 Å². The summed E-state index contributed by atoms with van der Waals surface area (Å²) < 4.78 is 2.06. The summed E-state index contributed by atoms with van der Waals surface area (Å²) in [6.45, 7) is 0. The average Bonchev–Trinajstić information content (AvgIpc) is 1.65. The molecule has 4 heteroatoms. The molecule has 0 aliphatic carbocycles. The van der Waals surface area contributed by atoms with Gasteiger partial charge >= 0.3 is 6.03 Å². The fourth-order valence-electron chi connectivity index (χ4n) is 0.0559. The van der Waals surface area contributed by atoms with Crippen LogP contribution in [0.5, 0.6) is 0 Å². The number of hydrogen-bond donors (Lipinski definition) is 3. The van der Waals surface area contributed by atoms with Gasteiger partial charge in [0.15, 0.2) is 0 Å². The Hall–Kier alpha value is -0.380. The molecule has 0 spiro atoms. The largest absolute Gasteiger partial charge is 0.341 e. The van der Waals surface area contributed by atoms with E-state index < -0.39 is 0 Å². The Morgan fingerprint density at radius 1 is 1.83 bits per heavy atom. The predicted octanol–water partition coefficient (Wildman–Crippen LogP) is -0.240. The SMILES string of the molecule is CNC(=O)NS. The Bertz CT molecular complexity index is 49.5. The summed E-state index contributed by atoms with van der Waals surface area (Å²) in [5, 5.41) is 2.29. The Morgan fingerprint density at radius 2 is 2.33 bits per heavy atom. The van der Waals surface area contributed by atoms with Crippen molar-refractivity contribution in [3.63, 3.8) is 0 Å². The lowest BCUT2D eigenvalue weighted by Crippen LogP contribution is -2.25. The molecule has 0 bridgehead atoms. The molecule has 0 aliphatic rings. The summed E-state index contributed by atoms with van der Waals surface area (Å²) in [7, 11) is 1.52. The summed E-state index contributed by atoms with van der Waals surface area (Å²) in [5.74, 6) is 0. The van der Waals surface area contributed by atoms with Gasteiger partial charge in [-0.25, -0.2) is 4.79 Å². The van der Waals surface area contributed by atoms with Crippen molar-refractivity contribution in [2.75, 3.05) is 7.05 Å². The van der Waals surface area contributed by atoms with Crippen LogP contribution in [0.2, 0.25) is 0 Å². The Kier molecular flexibility index (Phi) is 2.66. The molecule has 0 fully saturated rings. The normalized spacial score (nSPS) is 7.00. The minimum Gasteiger partial charge on any atom is -0.341 e. The van der Waals surface area contributed by atoms with Crippen molar-refractivity contribution in [2.24, 2.45) is 0 Å². The van der Waals surface area contributed by atoms with Crippen LogP contribution >= 0.6 is 12.8 Å². The van der Waals surface area contributed by atoms with Crippen molar-refractivity contribution in [1.29, 1.82) is 0 Å². The van der Waals surface area contributed by atoms with Gasteiger partial charge in [0.2, 0.25) is 0 Å². The molecule has 0 radical (unpaired) electrons. The summed E-state index contributed by atoms with van der Waals surface area (Å²) >= 11 is 3.43. The van der Waals surface area contributed by atoms with Crippen molar-refractivity contribution in [3.8, 4) is 0 Å². The van der Waals surface area contributed by atoms with Crippen molar-refractivity contribution >= 4 is 18.8 Å². The van der Waals surface area contributed by atoms with Gasteiger partial charge in [-0.05, 0) is 0 Å². The van der Waals surface area contributed by atoms with Crippen LogP contribution in [-0.4, -0.2) is 13.1 Å². The Balaban J connectivity index is 2.99. The molecule has 36 valence electrons. The molecular weight excluding hydrogens is 100 g/mol. The minimum atomic E-state index is -0.293. The average molecular weight is 106 g/mol. The van der Waals surface area contributed by atoms with E-state index in [1.807, 2.05) is 0 Å². The highest BCUT2D eigenvalue weighted by Crippen LogP contribution is 1.58. The van der Waals surface area contributed by atoms with E-state index in [1.165, 1.54) is 7.05 Å². The van der Waals surface area contributed by atoms with Crippen molar-refractivity contribution in [3.05, 3.63) is 0 Å². The highest BCUT2D eigenvalue weighted by Gasteiger charge is 1.82. The van der Waals surface area contributed by atoms with E-state index in [0.29, 0.717) is 0 Å². The van der Waals surface area contributed by atoms with Gasteiger partial charge in [0.25, 0.3) is 0 Å². The molecule has 0 saturated carbocycles. The minimum absolute atomic E-state index is 0.293. The number of carbonyl (C=O) groups excluding carboxylic acids is 1. The number of urea groups is 1. The zero-order chi connectivity index (χ0) is 4.99. The first-order valence-electron chi connectivity index (χ1n) is 1.43. The van der Waals surface area contributed by atoms with Crippen molar-refractivity contribution < 1.29 is 4.79 Å². The topological polar surface area (TPSA) is 41.1 Å². The number of carbonyl (C=O) groups is 1. The molecule has 0 aromatic rings. The highest BCUT2D eigenvalue weighted by molar-refractivity contribution is 7.78. The quantitative estimate of drug-likeness (QED) is 0.366. The third kappa shape index (κ3) is 1.90. The van der Waals surface area contributed by atoms with E-state index in [0.717, 1.165) is 0 Å². The highest BCUT2D eigenvalue weighted by atomic mass is 32.1. The van der Waals surface area contributed by atoms with Gasteiger partial charge in [-0.1, -0.05) is 12.8 Å². The maximum Gasteiger partial charge on any atom is 0.324 e. The molecule has 0 rings (SSSR count). The fraction of sp³-hybridized carbons (Fsp3) is 0.500. The maximum absolute atomic E-state index is 9.88. The van der Waals surface area contributed by atoms with Gasteiger partial charge in [-0.2, -0.15) is 0 Å². The zero-order valence-corrected chi connectivity index (χ0v) is 4.25. The van der Waals surface area contributed by atoms with Crippen LogP contribution in [0.25, 0.3) is 0 Å². The van der Waals surface area contributed by atoms with Gasteiger partial charge in [0.1, 0.15) is 0 Å². The molecule has 0 saturated heterocycles. The number of nitrogens with one attached hydrogen (secondary N) is 2. The second-order valence-corrected chi connectivity index (χ2v) is 0.915. The van der Waals surface area contributed by atoms with Gasteiger partial charge < -0.3 is 5.32 Å². The number of amides is 2. The Labute approximate surface area is 41.7 Å². The zero-order valence-electron chi connectivity index (χ0n) is 3.36. The van der Waals surface area contributed by atoms with E-state index in [-0.39, 0.29) is 6.03 Å². The fourth-order valence-corrected chi connectivity index (χ4v) is 0.168. The number of thiol groups is 1. The number of rotatable bonds is 0. The van der Waals surface area contributed by atoms with Crippen LogP contribution in [0.15, 0.2) is 0 Å². The molecule has 0 atom stereocenters. The second kappa shape index (κ2) is 2.84. The van der Waals surface area contributed by atoms with Crippen molar-refractivity contribution in [1.82, 2.24) is 10.0 Å². The second-order valence-electron chi connectivity index (χ2n) is 0.691. The van der Waals surface area contributed by atoms with Gasteiger partial charge in [-0.15, -0.1) is 0 Å².